The minimum atomic E-state index is -0.605. The molecule has 0 saturated heterocycles. The molecule has 9 rings (SSSR count). The van der Waals surface area contributed by atoms with E-state index in [4.69, 9.17) is 35.6 Å². The number of pyridine rings is 2. The van der Waals surface area contributed by atoms with Crippen LogP contribution in [-0.2, 0) is 20.9 Å². The van der Waals surface area contributed by atoms with Crippen molar-refractivity contribution in [2.24, 2.45) is 4.99 Å². The average Bonchev–Trinajstić information content (AvgIpc) is 4.02. The molecule has 8 aromatic rings. The number of methoxy groups -OCH3 is 1. The van der Waals surface area contributed by atoms with E-state index in [-0.39, 0.29) is 51.1 Å². The summed E-state index contributed by atoms with van der Waals surface area (Å²) >= 11 is 7.90. The molecule has 2 atom stereocenters. The first kappa shape index (κ1) is 45.1. The third kappa shape index (κ3) is 8.51. The summed E-state index contributed by atoms with van der Waals surface area (Å²) in [5.74, 6) is 1.87. The Morgan fingerprint density at radius 1 is 0.955 bits per heavy atom. The number of carbonyl (C=O) groups is 2. The van der Waals surface area contributed by atoms with E-state index < -0.39 is 17.8 Å². The van der Waals surface area contributed by atoms with Crippen LogP contribution >= 0.6 is 22.9 Å². The quantitative estimate of drug-likeness (QED) is 0.0996. The highest BCUT2D eigenvalue weighted by atomic mass is 35.5. The number of halogens is 1. The van der Waals surface area contributed by atoms with Gasteiger partial charge in [0.2, 0.25) is 11.8 Å². The molecule has 0 radical (unpaired) electrons. The number of rotatable bonds is 15. The van der Waals surface area contributed by atoms with E-state index in [1.807, 2.05) is 86.9 Å². The predicted octanol–water partition coefficient (Wildman–Crippen LogP) is 7.09. The maximum Gasteiger partial charge on any atom is 0.330 e. The van der Waals surface area contributed by atoms with Crippen molar-refractivity contribution in [3.8, 4) is 21.9 Å². The number of aliphatic imine (C=N–C) groups is 1. The number of hydrogen-bond donors (Lipinski definition) is 2. The van der Waals surface area contributed by atoms with Crippen molar-refractivity contribution in [1.29, 1.82) is 0 Å². The lowest BCUT2D eigenvalue weighted by molar-refractivity contribution is -0.122. The highest BCUT2D eigenvalue weighted by molar-refractivity contribution is 7.15. The Kier molecular flexibility index (Phi) is 12.6. The van der Waals surface area contributed by atoms with E-state index in [0.29, 0.717) is 61.5 Å². The molecule has 6 aromatic heterocycles. The molecular weight excluding hydrogens is 894 g/mol. The third-order valence-corrected chi connectivity index (χ3v) is 13.5. The minimum Gasteiger partial charge on any atom is -0.496 e. The van der Waals surface area contributed by atoms with Gasteiger partial charge in [-0.05, 0) is 83.5 Å². The van der Waals surface area contributed by atoms with Crippen molar-refractivity contribution in [3.63, 3.8) is 0 Å². The summed E-state index contributed by atoms with van der Waals surface area (Å²) in [6, 6.07) is 15.7. The Labute approximate surface area is 393 Å². The van der Waals surface area contributed by atoms with Crippen molar-refractivity contribution in [3.05, 3.63) is 133 Å². The molecular formula is C48H48ClN11O6S. The maximum atomic E-state index is 14.4. The zero-order chi connectivity index (χ0) is 47.1. The van der Waals surface area contributed by atoms with Gasteiger partial charge in [-0.3, -0.25) is 38.3 Å². The van der Waals surface area contributed by atoms with Crippen LogP contribution in [0, 0.1) is 34.6 Å². The monoisotopic (exact) mass is 941 g/mol. The highest BCUT2D eigenvalue weighted by Crippen LogP contribution is 2.41. The van der Waals surface area contributed by atoms with Gasteiger partial charge >= 0.3 is 5.69 Å². The molecule has 0 unspecified atom stereocenters. The Balaban J connectivity index is 0.857. The fraction of sp³-hybridized carbons (Fsp3) is 0.312. The zero-order valence-electron chi connectivity index (χ0n) is 38.0. The number of nitrogens with zero attached hydrogens (tertiary/aromatic N) is 9. The first-order chi connectivity index (χ1) is 32.3. The molecule has 1 aliphatic heterocycles. The number of imidazole rings is 1. The maximum absolute atomic E-state index is 14.4. The van der Waals surface area contributed by atoms with Crippen molar-refractivity contribution >= 4 is 62.4 Å². The van der Waals surface area contributed by atoms with E-state index in [1.54, 1.807) is 35.4 Å². The lowest BCUT2D eigenvalue weighted by atomic mass is 9.99. The van der Waals surface area contributed by atoms with Gasteiger partial charge < -0.3 is 24.6 Å². The Bertz CT molecular complexity index is 3260. The number of ether oxygens (including phenoxy) is 2. The lowest BCUT2D eigenvalue weighted by Gasteiger charge is -2.15. The van der Waals surface area contributed by atoms with Crippen molar-refractivity contribution in [1.82, 2.24) is 49.7 Å². The smallest absolute Gasteiger partial charge is 0.330 e. The number of fused-ring (bicyclic) bond motifs is 6. The van der Waals surface area contributed by atoms with Gasteiger partial charge in [0.05, 0.1) is 78.2 Å². The van der Waals surface area contributed by atoms with E-state index in [1.165, 1.54) is 4.57 Å². The van der Waals surface area contributed by atoms with E-state index in [9.17, 15) is 14.4 Å². The Hall–Kier alpha value is -7.02. The van der Waals surface area contributed by atoms with Crippen LogP contribution in [0.3, 0.4) is 0 Å². The third-order valence-electron chi connectivity index (χ3n) is 12.1. The van der Waals surface area contributed by atoms with Crippen molar-refractivity contribution in [2.45, 2.75) is 66.6 Å². The number of hydrogen-bond acceptors (Lipinski definition) is 13. The molecule has 0 saturated carbocycles. The van der Waals surface area contributed by atoms with Gasteiger partial charge in [-0.15, -0.1) is 21.5 Å². The van der Waals surface area contributed by atoms with Gasteiger partial charge in [-0.2, -0.15) is 0 Å². The van der Waals surface area contributed by atoms with Gasteiger partial charge in [0, 0.05) is 51.3 Å². The van der Waals surface area contributed by atoms with Gasteiger partial charge in [0.1, 0.15) is 34.9 Å². The number of thiophene rings is 1. The van der Waals surface area contributed by atoms with E-state index in [2.05, 4.69) is 44.8 Å². The van der Waals surface area contributed by atoms with Gasteiger partial charge in [-0.1, -0.05) is 35.0 Å². The second-order valence-corrected chi connectivity index (χ2v) is 18.0. The van der Waals surface area contributed by atoms with Crippen LogP contribution in [0.25, 0.3) is 38.1 Å². The SMILES string of the molecule is COc1cc2c(cc1-c1c(C)noc1C)ncc1c2n([C@H](C)c2ccccn2)c(=O)n1CC(=O)NCCOCCNC(=O)C[C@@H]1N=C(c2ccc(Cl)cc2)c2c(sc(C)c2C)-n2c(C)nnc21. The molecule has 2 amide bonds. The normalized spacial score (nSPS) is 13.9. The number of amides is 2. The largest absolute Gasteiger partial charge is 0.496 e. The first-order valence-corrected chi connectivity index (χ1v) is 23.0. The van der Waals surface area contributed by atoms with Crippen LogP contribution < -0.4 is 21.1 Å². The summed E-state index contributed by atoms with van der Waals surface area (Å²) in [6.45, 7) is 12.2. The molecule has 2 N–H and O–H groups in total. The molecule has 67 heavy (non-hydrogen) atoms. The summed E-state index contributed by atoms with van der Waals surface area (Å²) < 4.78 is 22.2. The van der Waals surface area contributed by atoms with Crippen molar-refractivity contribution in [2.75, 3.05) is 33.4 Å². The predicted molar refractivity (Wildman–Crippen MR) is 256 cm³/mol. The van der Waals surface area contributed by atoms with Crippen LogP contribution in [0.4, 0.5) is 0 Å². The molecule has 0 fully saturated rings. The van der Waals surface area contributed by atoms with Gasteiger partial charge in [-0.25, -0.2) is 4.79 Å². The summed E-state index contributed by atoms with van der Waals surface area (Å²) in [5.41, 5.74) is 7.97. The molecule has 7 heterocycles. The lowest BCUT2D eigenvalue weighted by Crippen LogP contribution is -2.35. The molecule has 344 valence electrons. The Morgan fingerprint density at radius 3 is 2.42 bits per heavy atom. The zero-order valence-corrected chi connectivity index (χ0v) is 39.6. The highest BCUT2D eigenvalue weighted by Gasteiger charge is 2.33. The molecule has 17 nitrogen and oxygen atoms in total. The molecule has 19 heteroatoms. The number of carbonyl (C=O) groups excluding carboxylic acids is 2. The fourth-order valence-corrected chi connectivity index (χ4v) is 10.0. The van der Waals surface area contributed by atoms with Crippen LogP contribution in [0.5, 0.6) is 5.75 Å². The summed E-state index contributed by atoms with van der Waals surface area (Å²) in [5, 5.41) is 21.0. The number of benzene rings is 2. The van der Waals surface area contributed by atoms with Crippen LogP contribution in [0.15, 0.2) is 81.3 Å². The molecule has 0 bridgehead atoms. The van der Waals surface area contributed by atoms with Crippen LogP contribution in [-0.4, -0.2) is 90.0 Å². The van der Waals surface area contributed by atoms with Gasteiger partial charge in [0.15, 0.2) is 5.82 Å². The number of aromatic nitrogens is 8. The topological polar surface area (TPSA) is 198 Å². The average molecular weight is 943 g/mol. The second-order valence-electron chi connectivity index (χ2n) is 16.4. The van der Waals surface area contributed by atoms with Crippen molar-refractivity contribution < 1.29 is 23.6 Å². The Morgan fingerprint density at radius 2 is 1.72 bits per heavy atom. The number of nitrogens with one attached hydrogen (secondary N) is 2. The number of aryl methyl sites for hydroxylation is 4. The molecule has 0 spiro atoms. The fourth-order valence-electron chi connectivity index (χ4n) is 8.68. The van der Waals surface area contributed by atoms with Crippen LogP contribution in [0.1, 0.15) is 75.8 Å². The molecule has 0 aliphatic carbocycles. The standard InChI is InChI=1S/C48H48ClN11O6S/c1-25-29(5)67-47-42(25)44(31-11-13-32(49)14-12-31)54-37(46-56-55-30(6)60(46)47)22-40(61)51-16-18-65-19-17-52-41(62)24-58-38-23-53-36-20-34(43-26(2)57-66-28(43)4)39(64-7)21-33(36)45(38)59(48(58)63)27(3)35-10-8-9-15-50-35/h8-15,20-21,23,27,37H,16-19,22,24H2,1-7H3,(H,51,61)(H,52,62)/t27-,37+/m1/s1. The molecule has 1 aliphatic rings. The summed E-state index contributed by atoms with van der Waals surface area (Å²) in [6.07, 6.45) is 3.33. The van der Waals surface area contributed by atoms with E-state index in [0.717, 1.165) is 43.4 Å². The minimum absolute atomic E-state index is 0.0387. The van der Waals surface area contributed by atoms with Crippen LogP contribution in [0.2, 0.25) is 5.02 Å². The molecule has 2 aromatic carbocycles. The first-order valence-electron chi connectivity index (χ1n) is 21.8. The van der Waals surface area contributed by atoms with Gasteiger partial charge in [0.25, 0.3) is 0 Å². The summed E-state index contributed by atoms with van der Waals surface area (Å²) in [4.78, 5) is 57.0. The summed E-state index contributed by atoms with van der Waals surface area (Å²) in [7, 11) is 1.58. The van der Waals surface area contributed by atoms with E-state index >= 15 is 0 Å². The second kappa shape index (κ2) is 18.7.